The molecule has 1 saturated carbocycles. The lowest BCUT2D eigenvalue weighted by Crippen LogP contribution is -2.44. The van der Waals surface area contributed by atoms with Gasteiger partial charge in [0.25, 0.3) is 0 Å². The highest BCUT2D eigenvalue weighted by Gasteiger charge is 2.25. The van der Waals surface area contributed by atoms with Crippen LogP contribution in [0.2, 0.25) is 0 Å². The maximum atomic E-state index is 4.28. The fraction of sp³-hybridized carbons (Fsp3) is 0.778. The molecule has 0 aromatic heterocycles. The van der Waals surface area contributed by atoms with E-state index in [0.29, 0.717) is 6.04 Å². The number of rotatable bonds is 1. The highest BCUT2D eigenvalue weighted by atomic mass is 15.9. The lowest BCUT2D eigenvalue weighted by molar-refractivity contribution is 0.0632. The Hall–Kier alpha value is -0.770. The molecule has 0 bridgehead atoms. The molecule has 1 heterocycles. The number of hydrazone groups is 1. The van der Waals surface area contributed by atoms with Crippen LogP contribution in [0.5, 0.6) is 0 Å². The van der Waals surface area contributed by atoms with E-state index in [0.717, 1.165) is 0 Å². The summed E-state index contributed by atoms with van der Waals surface area (Å²) in [5, 5.41) is 8.14. The van der Waals surface area contributed by atoms with Crippen molar-refractivity contribution < 1.29 is 0 Å². The molecule has 0 aromatic rings. The van der Waals surface area contributed by atoms with E-state index in [9.17, 15) is 0 Å². The summed E-state index contributed by atoms with van der Waals surface area (Å²) in [7, 11) is 1.96. The number of hydrazine groups is 2. The van der Waals surface area contributed by atoms with Crippen LogP contribution in [0, 0.1) is 5.92 Å². The molecule has 0 atom stereocenters. The number of hydrogen-bond acceptors (Lipinski definition) is 4. The minimum Gasteiger partial charge on any atom is -0.281 e. The predicted octanol–water partition coefficient (Wildman–Crippen LogP) is 1.13. The highest BCUT2D eigenvalue weighted by Crippen LogP contribution is 2.28. The second-order valence-corrected chi connectivity index (χ2v) is 3.97. The lowest BCUT2D eigenvalue weighted by Gasteiger charge is -2.31. The van der Waals surface area contributed by atoms with E-state index in [4.69, 9.17) is 0 Å². The standard InChI is InChI=1S/C9H17N4/c1-8-3-5-9(6-4-8)13-10-7-12(2)11-13/h7,9,11H,3-6H2,1-2H3. The van der Waals surface area contributed by atoms with Gasteiger partial charge in [-0.2, -0.15) is 0 Å². The lowest BCUT2D eigenvalue weighted by atomic mass is 9.87. The van der Waals surface area contributed by atoms with Gasteiger partial charge in [0.05, 0.1) is 6.04 Å². The van der Waals surface area contributed by atoms with E-state index >= 15 is 0 Å². The van der Waals surface area contributed by atoms with Gasteiger partial charge in [-0.25, -0.2) is 5.12 Å². The summed E-state index contributed by atoms with van der Waals surface area (Å²) in [6.45, 7) is 2.25. The van der Waals surface area contributed by atoms with Crippen molar-refractivity contribution in [1.29, 1.82) is 0 Å². The smallest absolute Gasteiger partial charge is 0.128 e. The Morgan fingerprint density at radius 2 is 2.15 bits per heavy atom. The number of nitrogens with zero attached hydrogens (tertiary/aromatic N) is 3. The molecule has 0 aromatic carbocycles. The van der Waals surface area contributed by atoms with Crippen molar-refractivity contribution >= 4 is 6.34 Å². The predicted molar refractivity (Wildman–Crippen MR) is 52.4 cm³/mol. The van der Waals surface area contributed by atoms with Gasteiger partial charge < -0.3 is 0 Å². The first kappa shape index (κ1) is 8.81. The van der Waals surface area contributed by atoms with Crippen molar-refractivity contribution in [3.63, 3.8) is 0 Å². The largest absolute Gasteiger partial charge is 0.281 e. The molecule has 2 aliphatic rings. The summed E-state index contributed by atoms with van der Waals surface area (Å²) < 4.78 is 0. The molecule has 73 valence electrons. The van der Waals surface area contributed by atoms with Crippen molar-refractivity contribution in [3.8, 4) is 0 Å². The minimum absolute atomic E-state index is 0.574. The van der Waals surface area contributed by atoms with Gasteiger partial charge >= 0.3 is 0 Å². The quantitative estimate of drug-likeness (QED) is 0.658. The Balaban J connectivity index is 1.85. The van der Waals surface area contributed by atoms with E-state index in [1.54, 1.807) is 5.92 Å². The molecule has 1 aliphatic heterocycles. The van der Waals surface area contributed by atoms with Gasteiger partial charge in [-0.1, -0.05) is 6.92 Å². The summed E-state index contributed by atoms with van der Waals surface area (Å²) in [4.78, 5) is 0. The van der Waals surface area contributed by atoms with Gasteiger partial charge in [0.1, 0.15) is 6.34 Å². The molecule has 4 nitrogen and oxygen atoms in total. The Labute approximate surface area is 79.5 Å². The van der Waals surface area contributed by atoms with Crippen molar-refractivity contribution in [3.05, 3.63) is 5.92 Å². The molecule has 0 amide bonds. The van der Waals surface area contributed by atoms with Gasteiger partial charge in [-0.3, -0.25) is 5.01 Å². The fourth-order valence-electron chi connectivity index (χ4n) is 1.86. The van der Waals surface area contributed by atoms with Crippen LogP contribution in [-0.4, -0.2) is 29.6 Å². The Bertz CT molecular complexity index is 196. The molecule has 0 saturated heterocycles. The molecule has 2 rings (SSSR count). The van der Waals surface area contributed by atoms with Gasteiger partial charge in [0, 0.05) is 7.05 Å². The molecule has 13 heavy (non-hydrogen) atoms. The average Bonchev–Trinajstić information content (AvgIpc) is 2.53. The van der Waals surface area contributed by atoms with E-state index in [1.165, 1.54) is 25.7 Å². The maximum Gasteiger partial charge on any atom is 0.128 e. The monoisotopic (exact) mass is 181 g/mol. The Morgan fingerprint density at radius 1 is 1.46 bits per heavy atom. The molecular weight excluding hydrogens is 164 g/mol. The summed E-state index contributed by atoms with van der Waals surface area (Å²) in [5.41, 5.74) is 3.17. The average molecular weight is 181 g/mol. The van der Waals surface area contributed by atoms with Gasteiger partial charge in [0.15, 0.2) is 0 Å². The molecular formula is C9H17N4. The molecule has 1 radical (unpaired) electrons. The summed E-state index contributed by atoms with van der Waals surface area (Å²) in [5.74, 6) is 1.63. The first-order valence-corrected chi connectivity index (χ1v) is 4.89. The third kappa shape index (κ3) is 1.94. The minimum atomic E-state index is 0.574. The second-order valence-electron chi connectivity index (χ2n) is 3.97. The van der Waals surface area contributed by atoms with Crippen LogP contribution in [0.15, 0.2) is 5.10 Å². The highest BCUT2D eigenvalue weighted by molar-refractivity contribution is 5.54. The van der Waals surface area contributed by atoms with Crippen LogP contribution in [-0.2, 0) is 0 Å². The number of nitrogens with one attached hydrogen (secondary N) is 1. The normalized spacial score (nSPS) is 26.0. The SMILES string of the molecule is C[C]1CCC(N2N=CN(C)N2)CC1. The first-order chi connectivity index (χ1) is 6.25. The zero-order valence-corrected chi connectivity index (χ0v) is 8.32. The molecule has 1 fully saturated rings. The molecule has 0 spiro atoms. The van der Waals surface area contributed by atoms with Crippen LogP contribution in [0.3, 0.4) is 0 Å². The summed E-state index contributed by atoms with van der Waals surface area (Å²) in [6.07, 6.45) is 6.77. The fourth-order valence-corrected chi connectivity index (χ4v) is 1.86. The Morgan fingerprint density at radius 3 is 2.69 bits per heavy atom. The second kappa shape index (κ2) is 3.54. The van der Waals surface area contributed by atoms with Gasteiger partial charge in [-0.05, 0) is 31.6 Å². The van der Waals surface area contributed by atoms with Gasteiger partial charge in [-0.15, -0.1) is 10.6 Å². The van der Waals surface area contributed by atoms with Crippen LogP contribution in [0.4, 0.5) is 0 Å². The third-order valence-electron chi connectivity index (χ3n) is 2.76. The maximum absolute atomic E-state index is 4.28. The Kier molecular flexibility index (Phi) is 2.40. The van der Waals surface area contributed by atoms with E-state index in [2.05, 4.69) is 17.6 Å². The zero-order valence-electron chi connectivity index (χ0n) is 8.32. The van der Waals surface area contributed by atoms with Crippen molar-refractivity contribution in [2.24, 2.45) is 5.10 Å². The van der Waals surface area contributed by atoms with Crippen molar-refractivity contribution in [1.82, 2.24) is 15.7 Å². The van der Waals surface area contributed by atoms with E-state index < -0.39 is 0 Å². The zero-order chi connectivity index (χ0) is 9.26. The molecule has 0 unspecified atom stereocenters. The molecule has 4 heteroatoms. The number of hydrogen-bond donors (Lipinski definition) is 1. The summed E-state index contributed by atoms with van der Waals surface area (Å²) >= 11 is 0. The van der Waals surface area contributed by atoms with Gasteiger partial charge in [0.2, 0.25) is 0 Å². The first-order valence-electron chi connectivity index (χ1n) is 4.89. The van der Waals surface area contributed by atoms with Crippen LogP contribution >= 0.6 is 0 Å². The topological polar surface area (TPSA) is 30.9 Å². The van der Waals surface area contributed by atoms with Crippen LogP contribution in [0.25, 0.3) is 0 Å². The van der Waals surface area contributed by atoms with Crippen molar-refractivity contribution in [2.45, 2.75) is 38.6 Å². The van der Waals surface area contributed by atoms with Crippen LogP contribution in [0.1, 0.15) is 32.6 Å². The summed E-state index contributed by atoms with van der Waals surface area (Å²) in [6, 6.07) is 0.574. The van der Waals surface area contributed by atoms with Crippen molar-refractivity contribution in [2.75, 3.05) is 7.05 Å². The molecule has 1 N–H and O–H groups in total. The van der Waals surface area contributed by atoms with E-state index in [-0.39, 0.29) is 0 Å². The third-order valence-corrected chi connectivity index (χ3v) is 2.76. The molecule has 1 aliphatic carbocycles. The van der Waals surface area contributed by atoms with Crippen LogP contribution < -0.4 is 5.53 Å². The van der Waals surface area contributed by atoms with E-state index in [1.807, 2.05) is 23.5 Å².